The van der Waals surface area contributed by atoms with E-state index < -0.39 is 0 Å². The summed E-state index contributed by atoms with van der Waals surface area (Å²) in [6.45, 7) is 3.41. The molecule has 0 atom stereocenters. The smallest absolute Gasteiger partial charge is 0.0264 e. The average Bonchev–Trinajstić information content (AvgIpc) is 1.41. The number of rotatable bonds is 1. The first-order valence-electron chi connectivity index (χ1n) is 1.46. The van der Waals surface area contributed by atoms with Gasteiger partial charge in [0.15, 0.2) is 0 Å². The lowest BCUT2D eigenvalue weighted by Gasteiger charge is -1.60. The molecule has 0 N–H and O–H groups in total. The van der Waals surface area contributed by atoms with Crippen LogP contribution in [-0.2, 0) is 0 Å². The zero-order chi connectivity index (χ0) is 4.12. The first kappa shape index (κ1) is 9.00. The molecule has 0 aliphatic heterocycles. The molecule has 0 unspecified atom stereocenters. The molecule has 0 aromatic carbocycles. The van der Waals surface area contributed by atoms with Gasteiger partial charge in [-0.15, -0.1) is 18.9 Å². The Balaban J connectivity index is 0. The van der Waals surface area contributed by atoms with Gasteiger partial charge in [0, 0.05) is 6.42 Å². The second-order valence-electron chi connectivity index (χ2n) is 0.697. The van der Waals surface area contributed by atoms with Crippen LogP contribution in [0.2, 0.25) is 0 Å². The molecule has 0 nitrogen and oxygen atoms in total. The molecule has 0 aliphatic rings. The molecule has 0 saturated heterocycles. The molecular formula is C6H10. The lowest BCUT2D eigenvalue weighted by atomic mass is 10.5. The molecule has 0 amide bonds. The van der Waals surface area contributed by atoms with Crippen LogP contribution in [0, 0.1) is 12.3 Å². The second-order valence-corrected chi connectivity index (χ2v) is 0.697. The highest BCUT2D eigenvalue weighted by Crippen LogP contribution is 1.67. The van der Waals surface area contributed by atoms with Crippen molar-refractivity contribution in [2.75, 3.05) is 0 Å². The molecule has 6 heavy (non-hydrogen) atoms. The molecule has 0 aliphatic carbocycles. The van der Waals surface area contributed by atoms with Gasteiger partial charge in [0.1, 0.15) is 0 Å². The summed E-state index contributed by atoms with van der Waals surface area (Å²) in [5, 5.41) is 0. The average molecular weight is 82.1 g/mol. The van der Waals surface area contributed by atoms with Crippen molar-refractivity contribution in [3.05, 3.63) is 12.7 Å². The van der Waals surface area contributed by atoms with E-state index in [1.54, 1.807) is 6.08 Å². The zero-order valence-electron chi connectivity index (χ0n) is 3.07. The topological polar surface area (TPSA) is 0 Å². The summed E-state index contributed by atoms with van der Waals surface area (Å²) in [7, 11) is 0. The quantitative estimate of drug-likeness (QED) is 0.334. The first-order chi connectivity index (χ1) is 2.41. The second kappa shape index (κ2) is 8.85. The Hall–Kier alpha value is -0.700. The van der Waals surface area contributed by atoms with Crippen molar-refractivity contribution in [3.8, 4) is 12.3 Å². The highest BCUT2D eigenvalue weighted by atomic mass is 13.6. The molecule has 0 bridgehead atoms. The minimum atomic E-state index is 0. The van der Waals surface area contributed by atoms with Gasteiger partial charge in [0.05, 0.1) is 0 Å². The van der Waals surface area contributed by atoms with Crippen LogP contribution in [0.3, 0.4) is 0 Å². The number of terminal acetylenes is 1. The van der Waals surface area contributed by atoms with Crippen molar-refractivity contribution in [1.82, 2.24) is 0 Å². The summed E-state index contributed by atoms with van der Waals surface area (Å²) in [4.78, 5) is 0. The van der Waals surface area contributed by atoms with E-state index >= 15 is 0 Å². The minimum absolute atomic E-state index is 0. The van der Waals surface area contributed by atoms with Crippen LogP contribution in [0.25, 0.3) is 0 Å². The van der Waals surface area contributed by atoms with Gasteiger partial charge >= 0.3 is 0 Å². The fourth-order valence-corrected chi connectivity index (χ4v) is 0.0833. The van der Waals surface area contributed by atoms with E-state index in [1.165, 1.54) is 0 Å². The van der Waals surface area contributed by atoms with Gasteiger partial charge in [-0.2, -0.15) is 0 Å². The highest BCUT2D eigenvalue weighted by molar-refractivity contribution is 4.91. The lowest BCUT2D eigenvalue weighted by Crippen LogP contribution is -1.45. The maximum absolute atomic E-state index is 4.82. The maximum atomic E-state index is 4.82. The van der Waals surface area contributed by atoms with Crippen LogP contribution < -0.4 is 0 Å². The Morgan fingerprint density at radius 3 is 2.33 bits per heavy atom. The van der Waals surface area contributed by atoms with Gasteiger partial charge in [0.2, 0.25) is 0 Å². The summed E-state index contributed by atoms with van der Waals surface area (Å²) in [5.41, 5.74) is 0. The fourth-order valence-electron chi connectivity index (χ4n) is 0.0833. The van der Waals surface area contributed by atoms with Crippen molar-refractivity contribution < 1.29 is 0 Å². The molecule has 0 heteroatoms. The van der Waals surface area contributed by atoms with E-state index in [2.05, 4.69) is 12.5 Å². The molecule has 0 rings (SSSR count). The van der Waals surface area contributed by atoms with Crippen molar-refractivity contribution in [3.63, 3.8) is 0 Å². The summed E-state index contributed by atoms with van der Waals surface area (Å²) in [6.07, 6.45) is 7.19. The largest absolute Gasteiger partial charge is 0.120 e. The van der Waals surface area contributed by atoms with Gasteiger partial charge < -0.3 is 0 Å². The lowest BCUT2D eigenvalue weighted by molar-refractivity contribution is 1.50. The molecule has 0 aromatic rings. The van der Waals surface area contributed by atoms with Crippen molar-refractivity contribution in [2.45, 2.75) is 13.8 Å². The van der Waals surface area contributed by atoms with E-state index in [4.69, 9.17) is 6.42 Å². The van der Waals surface area contributed by atoms with E-state index in [-0.39, 0.29) is 7.43 Å². The molecule has 0 radical (unpaired) electrons. The monoisotopic (exact) mass is 82.1 g/mol. The Morgan fingerprint density at radius 1 is 1.83 bits per heavy atom. The third-order valence-corrected chi connectivity index (χ3v) is 0.262. The van der Waals surface area contributed by atoms with Crippen LogP contribution in [0.4, 0.5) is 0 Å². The van der Waals surface area contributed by atoms with Crippen molar-refractivity contribution in [1.29, 1.82) is 0 Å². The van der Waals surface area contributed by atoms with Crippen molar-refractivity contribution in [2.24, 2.45) is 0 Å². The van der Waals surface area contributed by atoms with Crippen LogP contribution >= 0.6 is 0 Å². The minimum Gasteiger partial charge on any atom is -0.120 e. The number of hydrogen-bond acceptors (Lipinski definition) is 0. The van der Waals surface area contributed by atoms with Gasteiger partial charge in [0.25, 0.3) is 0 Å². The van der Waals surface area contributed by atoms with Gasteiger partial charge in [-0.1, -0.05) is 13.5 Å². The summed E-state index contributed by atoms with van der Waals surface area (Å²) >= 11 is 0. The van der Waals surface area contributed by atoms with E-state index in [1.807, 2.05) is 0 Å². The van der Waals surface area contributed by atoms with Crippen molar-refractivity contribution >= 4 is 0 Å². The van der Waals surface area contributed by atoms with E-state index in [0.29, 0.717) is 6.42 Å². The Morgan fingerprint density at radius 2 is 2.33 bits per heavy atom. The Labute approximate surface area is 39.9 Å². The normalized spacial score (nSPS) is 4.50. The first-order valence-corrected chi connectivity index (χ1v) is 1.46. The van der Waals surface area contributed by atoms with E-state index in [0.717, 1.165) is 0 Å². The number of hydrogen-bond donors (Lipinski definition) is 0. The standard InChI is InChI=1S/C5H6.CH4/c1-3-5-4-2;/h1,4H,2,5H2;1H4. The molecule has 0 heterocycles. The maximum Gasteiger partial charge on any atom is 0.0264 e. The molecule has 0 spiro atoms. The highest BCUT2D eigenvalue weighted by Gasteiger charge is 1.51. The zero-order valence-corrected chi connectivity index (χ0v) is 3.07. The van der Waals surface area contributed by atoms with Gasteiger partial charge in [-0.25, -0.2) is 0 Å². The van der Waals surface area contributed by atoms with Crippen LogP contribution in [0.1, 0.15) is 13.8 Å². The molecular weight excluding hydrogens is 72.1 g/mol. The SMILES string of the molecule is C.C#CCC=C. The predicted molar refractivity (Wildman–Crippen MR) is 30.4 cm³/mol. The van der Waals surface area contributed by atoms with Gasteiger partial charge in [-0.05, 0) is 0 Å². The van der Waals surface area contributed by atoms with Crippen LogP contribution in [0.15, 0.2) is 12.7 Å². The summed E-state index contributed by atoms with van der Waals surface area (Å²) in [6, 6.07) is 0. The summed E-state index contributed by atoms with van der Waals surface area (Å²) < 4.78 is 0. The van der Waals surface area contributed by atoms with Crippen LogP contribution in [-0.4, -0.2) is 0 Å². The fraction of sp³-hybridized carbons (Fsp3) is 0.333. The third-order valence-electron chi connectivity index (χ3n) is 0.262. The Bertz CT molecular complexity index is 54.9. The molecule has 0 saturated carbocycles. The molecule has 34 valence electrons. The van der Waals surface area contributed by atoms with Crippen LogP contribution in [0.5, 0.6) is 0 Å². The predicted octanol–water partition coefficient (Wildman–Crippen LogP) is 1.83. The summed E-state index contributed by atoms with van der Waals surface area (Å²) in [5.74, 6) is 2.40. The van der Waals surface area contributed by atoms with E-state index in [9.17, 15) is 0 Å². The van der Waals surface area contributed by atoms with Gasteiger partial charge in [-0.3, -0.25) is 0 Å². The molecule has 0 fully saturated rings. The Kier molecular flexibility index (Phi) is 13.3. The third kappa shape index (κ3) is 10.3. The number of allylic oxidation sites excluding steroid dienone is 1. The molecule has 0 aromatic heterocycles.